The van der Waals surface area contributed by atoms with E-state index in [2.05, 4.69) is 0 Å². The van der Waals surface area contributed by atoms with Gasteiger partial charge in [-0.05, 0) is 51.8 Å². The summed E-state index contributed by atoms with van der Waals surface area (Å²) in [5.41, 5.74) is -0.169. The van der Waals surface area contributed by atoms with E-state index in [1.165, 1.54) is 12.1 Å². The van der Waals surface area contributed by atoms with E-state index in [1.807, 2.05) is 13.8 Å². The van der Waals surface area contributed by atoms with Crippen LogP contribution in [0, 0.1) is 5.92 Å². The molecule has 0 fully saturated rings. The second-order valence-electron chi connectivity index (χ2n) is 8.94. The minimum atomic E-state index is -1.01. The molecule has 0 N–H and O–H groups in total. The Morgan fingerprint density at radius 1 is 1.13 bits per heavy atom. The molecule has 2 unspecified atom stereocenters. The van der Waals surface area contributed by atoms with Crippen LogP contribution in [-0.4, -0.2) is 23.6 Å². The lowest BCUT2D eigenvalue weighted by atomic mass is 9.87. The van der Waals surface area contributed by atoms with Crippen LogP contribution in [0.25, 0.3) is 11.0 Å². The van der Waals surface area contributed by atoms with Gasteiger partial charge in [-0.3, -0.25) is 4.79 Å². The van der Waals surface area contributed by atoms with Crippen LogP contribution < -0.4 is 10.4 Å². The third kappa shape index (κ3) is 4.98. The predicted molar refractivity (Wildman–Crippen MR) is 115 cm³/mol. The highest BCUT2D eigenvalue weighted by Crippen LogP contribution is 2.46. The molecule has 0 spiro atoms. The van der Waals surface area contributed by atoms with Crippen LogP contribution in [0.2, 0.25) is 0 Å². The molecule has 2 heterocycles. The number of hydrogen-bond acceptors (Lipinski definition) is 7. The fourth-order valence-electron chi connectivity index (χ4n) is 3.59. The standard InChI is InChI=1S/C24H28O7/c1-13(2)11-18(26)29-22-20-16(9-7-15-8-10-17(25)28-21(15)20)31-24(5,6)23(22)30-19(27)12-14(3)4/h7-10,12-13,22-23H,11H2,1-6H3. The Morgan fingerprint density at radius 2 is 1.81 bits per heavy atom. The van der Waals surface area contributed by atoms with Crippen LogP contribution in [0.1, 0.15) is 59.6 Å². The van der Waals surface area contributed by atoms with Gasteiger partial charge in [-0.25, -0.2) is 9.59 Å². The fraction of sp³-hybridized carbons (Fsp3) is 0.458. The first-order valence-corrected chi connectivity index (χ1v) is 10.3. The van der Waals surface area contributed by atoms with E-state index in [4.69, 9.17) is 18.6 Å². The molecule has 2 aromatic rings. The largest absolute Gasteiger partial charge is 0.483 e. The Kier molecular flexibility index (Phi) is 6.25. The summed E-state index contributed by atoms with van der Waals surface area (Å²) >= 11 is 0. The SMILES string of the molecule is CC(C)=CC(=O)OC1C(OC(=O)CC(C)C)c2c(ccc3ccc(=O)oc23)OC1(C)C. The number of rotatable bonds is 5. The van der Waals surface area contributed by atoms with Crippen molar-refractivity contribution in [3.8, 4) is 5.75 Å². The van der Waals surface area contributed by atoms with Crippen molar-refractivity contribution in [2.24, 2.45) is 5.92 Å². The van der Waals surface area contributed by atoms with Crippen LogP contribution in [-0.2, 0) is 19.1 Å². The molecule has 0 saturated heterocycles. The van der Waals surface area contributed by atoms with Gasteiger partial charge in [-0.1, -0.05) is 19.4 Å². The molecule has 0 saturated carbocycles. The van der Waals surface area contributed by atoms with Gasteiger partial charge < -0.3 is 18.6 Å². The monoisotopic (exact) mass is 428 g/mol. The maximum atomic E-state index is 12.6. The Morgan fingerprint density at radius 3 is 2.45 bits per heavy atom. The van der Waals surface area contributed by atoms with Gasteiger partial charge in [0.25, 0.3) is 0 Å². The molecule has 1 aromatic heterocycles. The smallest absolute Gasteiger partial charge is 0.336 e. The van der Waals surface area contributed by atoms with Crippen LogP contribution >= 0.6 is 0 Å². The van der Waals surface area contributed by atoms with Crippen LogP contribution in [0.15, 0.2) is 45.1 Å². The van der Waals surface area contributed by atoms with E-state index >= 15 is 0 Å². The highest BCUT2D eigenvalue weighted by Gasteiger charge is 2.50. The Hall–Kier alpha value is -3.09. The summed E-state index contributed by atoms with van der Waals surface area (Å²) in [6.07, 6.45) is -0.415. The Labute approximate surface area is 181 Å². The zero-order valence-corrected chi connectivity index (χ0v) is 18.7. The molecule has 0 bridgehead atoms. The second kappa shape index (κ2) is 8.57. The summed E-state index contributed by atoms with van der Waals surface area (Å²) in [5.74, 6) is -0.528. The number of carbonyl (C=O) groups is 2. The normalized spacial score (nSPS) is 19.3. The molecule has 7 nitrogen and oxygen atoms in total. The first-order valence-electron chi connectivity index (χ1n) is 10.3. The minimum Gasteiger partial charge on any atom is -0.483 e. The van der Waals surface area contributed by atoms with Crippen LogP contribution in [0.3, 0.4) is 0 Å². The van der Waals surface area contributed by atoms with Gasteiger partial charge in [0.2, 0.25) is 0 Å². The molecule has 2 atom stereocenters. The van der Waals surface area contributed by atoms with Gasteiger partial charge in [0, 0.05) is 23.9 Å². The number of esters is 2. The van der Waals surface area contributed by atoms with Crippen molar-refractivity contribution in [3.63, 3.8) is 0 Å². The summed E-state index contributed by atoms with van der Waals surface area (Å²) in [6.45, 7) is 10.9. The van der Waals surface area contributed by atoms with Gasteiger partial charge in [0.05, 0.1) is 5.56 Å². The van der Waals surface area contributed by atoms with Crippen molar-refractivity contribution >= 4 is 22.9 Å². The minimum absolute atomic E-state index is 0.0805. The summed E-state index contributed by atoms with van der Waals surface area (Å²) in [5, 5.41) is 0.640. The number of hydrogen-bond donors (Lipinski definition) is 0. The molecule has 31 heavy (non-hydrogen) atoms. The summed E-state index contributed by atoms with van der Waals surface area (Å²) in [6, 6.07) is 6.43. The number of benzene rings is 1. The average molecular weight is 428 g/mol. The van der Waals surface area contributed by atoms with Crippen molar-refractivity contribution in [2.75, 3.05) is 0 Å². The maximum Gasteiger partial charge on any atom is 0.336 e. The summed E-state index contributed by atoms with van der Waals surface area (Å²) in [4.78, 5) is 37.1. The van der Waals surface area contributed by atoms with Gasteiger partial charge in [-0.15, -0.1) is 0 Å². The molecule has 1 aliphatic heterocycles. The van der Waals surface area contributed by atoms with E-state index in [-0.39, 0.29) is 17.9 Å². The van der Waals surface area contributed by atoms with Crippen molar-refractivity contribution < 1.29 is 28.2 Å². The average Bonchev–Trinajstić information content (AvgIpc) is 2.62. The third-order valence-corrected chi connectivity index (χ3v) is 4.89. The van der Waals surface area contributed by atoms with Crippen LogP contribution in [0.4, 0.5) is 0 Å². The van der Waals surface area contributed by atoms with Gasteiger partial charge in [-0.2, -0.15) is 0 Å². The van der Waals surface area contributed by atoms with Gasteiger partial charge >= 0.3 is 17.6 Å². The Balaban J connectivity index is 2.17. The van der Waals surface area contributed by atoms with E-state index in [0.29, 0.717) is 16.7 Å². The predicted octanol–water partition coefficient (Wildman–Crippen LogP) is 4.47. The molecule has 0 aliphatic carbocycles. The molecule has 166 valence electrons. The fourth-order valence-corrected chi connectivity index (χ4v) is 3.59. The number of ether oxygens (including phenoxy) is 3. The summed E-state index contributed by atoms with van der Waals surface area (Å²) in [7, 11) is 0. The third-order valence-electron chi connectivity index (χ3n) is 4.89. The number of carbonyl (C=O) groups excluding carboxylic acids is 2. The Bertz CT molecular complexity index is 1090. The van der Waals surface area contributed by atoms with Crippen molar-refractivity contribution in [1.82, 2.24) is 0 Å². The number of allylic oxidation sites excluding steroid dienone is 1. The molecular weight excluding hydrogens is 400 g/mol. The van der Waals surface area contributed by atoms with Crippen molar-refractivity contribution in [3.05, 3.63) is 51.9 Å². The highest BCUT2D eigenvalue weighted by molar-refractivity contribution is 5.85. The molecule has 1 aliphatic rings. The van der Waals surface area contributed by atoms with E-state index < -0.39 is 35.4 Å². The molecule has 0 amide bonds. The molecule has 1 aromatic carbocycles. The highest BCUT2D eigenvalue weighted by atomic mass is 16.6. The lowest BCUT2D eigenvalue weighted by molar-refractivity contribution is -0.187. The second-order valence-corrected chi connectivity index (χ2v) is 8.94. The quantitative estimate of drug-likeness (QED) is 0.394. The maximum absolute atomic E-state index is 12.6. The molecule has 7 heteroatoms. The van der Waals surface area contributed by atoms with Crippen molar-refractivity contribution in [1.29, 1.82) is 0 Å². The van der Waals surface area contributed by atoms with Crippen LogP contribution in [0.5, 0.6) is 5.75 Å². The molecule has 3 rings (SSSR count). The molecular formula is C24H28O7. The number of fused-ring (bicyclic) bond motifs is 3. The van der Waals surface area contributed by atoms with E-state index in [0.717, 1.165) is 5.57 Å². The lowest BCUT2D eigenvalue weighted by Gasteiger charge is -2.43. The molecule has 0 radical (unpaired) electrons. The lowest BCUT2D eigenvalue weighted by Crippen LogP contribution is -2.52. The zero-order chi connectivity index (χ0) is 22.9. The topological polar surface area (TPSA) is 92.0 Å². The van der Waals surface area contributed by atoms with Gasteiger partial charge in [0.15, 0.2) is 12.2 Å². The first-order chi connectivity index (χ1) is 14.5. The summed E-state index contributed by atoms with van der Waals surface area (Å²) < 4.78 is 23.2. The first kappa shape index (κ1) is 22.6. The zero-order valence-electron chi connectivity index (χ0n) is 18.7. The van der Waals surface area contributed by atoms with E-state index in [9.17, 15) is 14.4 Å². The van der Waals surface area contributed by atoms with E-state index in [1.54, 1.807) is 45.9 Å². The van der Waals surface area contributed by atoms with Crippen molar-refractivity contribution in [2.45, 2.75) is 65.8 Å². The van der Waals surface area contributed by atoms with Gasteiger partial charge in [0.1, 0.15) is 16.9 Å².